The van der Waals surface area contributed by atoms with Gasteiger partial charge in [0.2, 0.25) is 11.8 Å². The van der Waals surface area contributed by atoms with E-state index in [1.807, 2.05) is 11.8 Å². The smallest absolute Gasteiger partial charge is 0.245 e. The highest BCUT2D eigenvalue weighted by Crippen LogP contribution is 2.22. The zero-order valence-electron chi connectivity index (χ0n) is 15.5. The largest absolute Gasteiger partial charge is 0.341 e. The molecule has 0 aromatic carbocycles. The van der Waals surface area contributed by atoms with Crippen LogP contribution in [0.1, 0.15) is 46.5 Å². The van der Waals surface area contributed by atoms with Gasteiger partial charge in [-0.1, -0.05) is 13.8 Å². The van der Waals surface area contributed by atoms with Crippen LogP contribution in [0.15, 0.2) is 0 Å². The zero-order chi connectivity index (χ0) is 17.7. The molecule has 138 valence electrons. The van der Waals surface area contributed by atoms with Crippen molar-refractivity contribution in [2.75, 3.05) is 32.7 Å². The van der Waals surface area contributed by atoms with Gasteiger partial charge in [0.15, 0.2) is 0 Å². The number of piperazine rings is 1. The molecule has 2 saturated heterocycles. The van der Waals surface area contributed by atoms with E-state index in [4.69, 9.17) is 5.73 Å². The van der Waals surface area contributed by atoms with Gasteiger partial charge in [-0.05, 0) is 51.0 Å². The van der Waals surface area contributed by atoms with Crippen molar-refractivity contribution in [3.8, 4) is 0 Å². The van der Waals surface area contributed by atoms with Crippen LogP contribution in [-0.4, -0.2) is 66.4 Å². The van der Waals surface area contributed by atoms with E-state index in [1.165, 1.54) is 0 Å². The molecule has 6 nitrogen and oxygen atoms in total. The van der Waals surface area contributed by atoms with Gasteiger partial charge in [-0.3, -0.25) is 9.59 Å². The summed E-state index contributed by atoms with van der Waals surface area (Å²) in [6.45, 7) is 9.81. The Bertz CT molecular complexity index is 433. The summed E-state index contributed by atoms with van der Waals surface area (Å²) in [6.07, 6.45) is 3.92. The summed E-state index contributed by atoms with van der Waals surface area (Å²) >= 11 is 0. The number of amides is 2. The maximum Gasteiger partial charge on any atom is 0.245 e. The number of carbonyl (C=O) groups is 2. The summed E-state index contributed by atoms with van der Waals surface area (Å²) in [5.74, 6) is 1.28. The lowest BCUT2D eigenvalue weighted by molar-refractivity contribution is -0.149. The zero-order valence-corrected chi connectivity index (χ0v) is 15.5. The number of carbonyl (C=O) groups excluding carboxylic acids is 2. The first kappa shape index (κ1) is 19.2. The molecule has 2 aliphatic rings. The van der Waals surface area contributed by atoms with Gasteiger partial charge in [-0.2, -0.15) is 0 Å². The van der Waals surface area contributed by atoms with Crippen molar-refractivity contribution in [3.05, 3.63) is 0 Å². The second kappa shape index (κ2) is 8.81. The van der Waals surface area contributed by atoms with Crippen LogP contribution in [-0.2, 0) is 9.59 Å². The van der Waals surface area contributed by atoms with Crippen LogP contribution in [0.25, 0.3) is 0 Å². The molecule has 2 atom stereocenters. The van der Waals surface area contributed by atoms with Gasteiger partial charge in [0.1, 0.15) is 6.04 Å². The van der Waals surface area contributed by atoms with E-state index in [-0.39, 0.29) is 23.9 Å². The quantitative estimate of drug-likeness (QED) is 0.751. The molecule has 2 amide bonds. The molecule has 0 bridgehead atoms. The van der Waals surface area contributed by atoms with E-state index in [1.54, 1.807) is 4.90 Å². The number of nitrogens with zero attached hydrogens (tertiary/aromatic N) is 2. The minimum Gasteiger partial charge on any atom is -0.341 e. The van der Waals surface area contributed by atoms with Gasteiger partial charge in [0.05, 0.1) is 6.04 Å². The Morgan fingerprint density at radius 1 is 1.25 bits per heavy atom. The SMILES string of the molecule is CC(C)C[C@@H]1NCCN([C@@H](C)C(=O)N2CCC(CCN)CC2)C1=O. The molecule has 2 fully saturated rings. The fraction of sp³-hybridized carbons (Fsp3) is 0.889. The van der Waals surface area contributed by atoms with Crippen LogP contribution in [0.4, 0.5) is 0 Å². The summed E-state index contributed by atoms with van der Waals surface area (Å²) in [5, 5.41) is 3.30. The van der Waals surface area contributed by atoms with Crippen molar-refractivity contribution in [2.24, 2.45) is 17.6 Å². The third-order valence-corrected chi connectivity index (χ3v) is 5.36. The third kappa shape index (κ3) is 4.70. The van der Waals surface area contributed by atoms with Gasteiger partial charge in [-0.25, -0.2) is 0 Å². The molecule has 2 aliphatic heterocycles. The second-order valence-corrected chi connectivity index (χ2v) is 7.69. The molecule has 0 radical (unpaired) electrons. The Balaban J connectivity index is 1.91. The predicted molar refractivity (Wildman–Crippen MR) is 95.4 cm³/mol. The number of likely N-dealkylation sites (tertiary alicyclic amines) is 1. The first-order chi connectivity index (χ1) is 11.4. The molecule has 0 saturated carbocycles. The highest BCUT2D eigenvalue weighted by Gasteiger charge is 2.36. The number of nitrogens with one attached hydrogen (secondary N) is 1. The van der Waals surface area contributed by atoms with E-state index < -0.39 is 0 Å². The number of piperidine rings is 1. The van der Waals surface area contributed by atoms with Gasteiger partial charge in [0, 0.05) is 26.2 Å². The lowest BCUT2D eigenvalue weighted by Gasteiger charge is -2.40. The minimum absolute atomic E-state index is 0.0776. The minimum atomic E-state index is -0.361. The van der Waals surface area contributed by atoms with Crippen molar-refractivity contribution in [2.45, 2.75) is 58.5 Å². The average molecular weight is 338 g/mol. The van der Waals surface area contributed by atoms with Gasteiger partial charge in [-0.15, -0.1) is 0 Å². The van der Waals surface area contributed by atoms with Crippen LogP contribution in [0.2, 0.25) is 0 Å². The maximum absolute atomic E-state index is 12.8. The van der Waals surface area contributed by atoms with E-state index >= 15 is 0 Å². The Labute approximate surface area is 146 Å². The fourth-order valence-electron chi connectivity index (χ4n) is 3.87. The van der Waals surface area contributed by atoms with Crippen molar-refractivity contribution in [1.82, 2.24) is 15.1 Å². The van der Waals surface area contributed by atoms with E-state index in [0.717, 1.165) is 51.9 Å². The van der Waals surface area contributed by atoms with Gasteiger partial charge < -0.3 is 20.9 Å². The highest BCUT2D eigenvalue weighted by atomic mass is 16.2. The first-order valence-electron chi connectivity index (χ1n) is 9.46. The number of nitrogens with two attached hydrogens (primary N) is 1. The summed E-state index contributed by atoms with van der Waals surface area (Å²) in [6, 6.07) is -0.510. The Hall–Kier alpha value is -1.14. The second-order valence-electron chi connectivity index (χ2n) is 7.69. The Morgan fingerprint density at radius 2 is 1.92 bits per heavy atom. The normalized spacial score (nSPS) is 24.5. The molecule has 2 heterocycles. The van der Waals surface area contributed by atoms with E-state index in [0.29, 0.717) is 18.4 Å². The number of rotatable bonds is 6. The molecule has 0 aliphatic carbocycles. The molecule has 0 unspecified atom stereocenters. The molecule has 0 aromatic heterocycles. The van der Waals surface area contributed by atoms with E-state index in [2.05, 4.69) is 19.2 Å². The molecule has 2 rings (SSSR count). The van der Waals surface area contributed by atoms with Crippen molar-refractivity contribution < 1.29 is 9.59 Å². The molecule has 0 aromatic rings. The van der Waals surface area contributed by atoms with Crippen LogP contribution < -0.4 is 11.1 Å². The monoisotopic (exact) mass is 338 g/mol. The Morgan fingerprint density at radius 3 is 2.50 bits per heavy atom. The summed E-state index contributed by atoms with van der Waals surface area (Å²) < 4.78 is 0. The molecule has 3 N–H and O–H groups in total. The van der Waals surface area contributed by atoms with Crippen LogP contribution in [0.5, 0.6) is 0 Å². The van der Waals surface area contributed by atoms with Crippen LogP contribution >= 0.6 is 0 Å². The first-order valence-corrected chi connectivity index (χ1v) is 9.46. The Kier molecular flexibility index (Phi) is 7.04. The van der Waals surface area contributed by atoms with Crippen molar-refractivity contribution in [3.63, 3.8) is 0 Å². The predicted octanol–water partition coefficient (Wildman–Crippen LogP) is 0.809. The van der Waals surface area contributed by atoms with Gasteiger partial charge >= 0.3 is 0 Å². The average Bonchev–Trinajstić information content (AvgIpc) is 2.56. The maximum atomic E-state index is 12.8. The standard InChI is InChI=1S/C18H34N4O2/c1-13(2)12-16-18(24)22(11-8-20-16)14(3)17(23)21-9-5-15(4-7-19)6-10-21/h13-16,20H,4-12,19H2,1-3H3/t14-,16-/m0/s1. The third-order valence-electron chi connectivity index (χ3n) is 5.36. The topological polar surface area (TPSA) is 78.7 Å². The lowest BCUT2D eigenvalue weighted by atomic mass is 9.93. The van der Waals surface area contributed by atoms with Crippen LogP contribution in [0.3, 0.4) is 0 Å². The van der Waals surface area contributed by atoms with Crippen molar-refractivity contribution >= 4 is 11.8 Å². The molecule has 24 heavy (non-hydrogen) atoms. The molecular formula is C18H34N4O2. The van der Waals surface area contributed by atoms with Gasteiger partial charge in [0.25, 0.3) is 0 Å². The molecule has 6 heteroatoms. The summed E-state index contributed by atoms with van der Waals surface area (Å²) in [4.78, 5) is 29.2. The van der Waals surface area contributed by atoms with Crippen molar-refractivity contribution in [1.29, 1.82) is 0 Å². The summed E-state index contributed by atoms with van der Waals surface area (Å²) in [7, 11) is 0. The molecule has 0 spiro atoms. The number of hydrogen-bond donors (Lipinski definition) is 2. The van der Waals surface area contributed by atoms with E-state index in [9.17, 15) is 9.59 Å². The number of hydrogen-bond acceptors (Lipinski definition) is 4. The lowest BCUT2D eigenvalue weighted by Crippen LogP contribution is -2.61. The molecular weight excluding hydrogens is 304 g/mol. The highest BCUT2D eigenvalue weighted by molar-refractivity contribution is 5.90. The summed E-state index contributed by atoms with van der Waals surface area (Å²) in [5.41, 5.74) is 5.63. The fourth-order valence-corrected chi connectivity index (χ4v) is 3.87. The van der Waals surface area contributed by atoms with Crippen LogP contribution in [0, 0.1) is 11.8 Å².